The molecule has 0 radical (unpaired) electrons. The molecule has 0 aliphatic heterocycles. The summed E-state index contributed by atoms with van der Waals surface area (Å²) in [5.41, 5.74) is 3.19. The first-order chi connectivity index (χ1) is 13.2. The van der Waals surface area contributed by atoms with Crippen molar-refractivity contribution in [3.63, 3.8) is 0 Å². The molecule has 0 bridgehead atoms. The maximum atomic E-state index is 10.5. The highest BCUT2D eigenvalue weighted by Crippen LogP contribution is 2.24. The summed E-state index contributed by atoms with van der Waals surface area (Å²) in [7, 11) is 3.96. The summed E-state index contributed by atoms with van der Waals surface area (Å²) < 4.78 is 0. The smallest absolute Gasteiger partial charge is 0.191 e. The third kappa shape index (κ3) is 8.10. The molecule has 2 aromatic rings. The average Bonchev–Trinajstić information content (AvgIpc) is 3.12. The molecular formula is C21H34IN5OS. The molecule has 6 nitrogen and oxygen atoms in total. The largest absolute Gasteiger partial charge is 0.387 e. The Bertz CT molecular complexity index is 768. The Morgan fingerprint density at radius 1 is 1.21 bits per heavy atom. The van der Waals surface area contributed by atoms with E-state index in [0.717, 1.165) is 22.9 Å². The maximum absolute atomic E-state index is 10.5. The zero-order valence-corrected chi connectivity index (χ0v) is 21.3. The maximum Gasteiger partial charge on any atom is 0.191 e. The molecule has 0 fully saturated rings. The predicted octanol–water partition coefficient (Wildman–Crippen LogP) is 3.91. The van der Waals surface area contributed by atoms with E-state index < -0.39 is 6.10 Å². The first kappa shape index (κ1) is 25.6. The van der Waals surface area contributed by atoms with Crippen molar-refractivity contribution in [1.29, 1.82) is 0 Å². The van der Waals surface area contributed by atoms with Crippen LogP contribution < -0.4 is 15.5 Å². The van der Waals surface area contributed by atoms with Gasteiger partial charge >= 0.3 is 0 Å². The summed E-state index contributed by atoms with van der Waals surface area (Å²) in [6.45, 7) is 10.2. The molecule has 1 atom stereocenters. The number of rotatable bonds is 7. The van der Waals surface area contributed by atoms with Crippen LogP contribution in [0.4, 0.5) is 5.13 Å². The minimum atomic E-state index is -0.600. The Morgan fingerprint density at radius 3 is 2.38 bits per heavy atom. The van der Waals surface area contributed by atoms with Gasteiger partial charge in [-0.15, -0.1) is 35.3 Å². The number of aliphatic imine (C=N–C) groups is 1. The second kappa shape index (κ2) is 11.7. The molecule has 3 N–H and O–H groups in total. The number of hydrogen-bond donors (Lipinski definition) is 3. The van der Waals surface area contributed by atoms with Crippen LogP contribution in [0.3, 0.4) is 0 Å². The molecule has 0 aliphatic rings. The van der Waals surface area contributed by atoms with Crippen LogP contribution in [0.5, 0.6) is 0 Å². The van der Waals surface area contributed by atoms with Crippen molar-refractivity contribution >= 4 is 46.4 Å². The fraction of sp³-hybridized carbons (Fsp3) is 0.524. The first-order valence-corrected chi connectivity index (χ1v) is 10.5. The van der Waals surface area contributed by atoms with Gasteiger partial charge in [-0.05, 0) is 23.5 Å². The number of benzene rings is 1. The van der Waals surface area contributed by atoms with Crippen LogP contribution in [0.15, 0.2) is 34.6 Å². The lowest BCUT2D eigenvalue weighted by Gasteiger charge is -2.20. The summed E-state index contributed by atoms with van der Waals surface area (Å²) in [5, 5.41) is 19.9. The minimum Gasteiger partial charge on any atom is -0.387 e. The standard InChI is InChI=1S/C21H33N5OS.HI/c1-7-22-19(23-12-17-14-28-20(25-17)26(5)6)24-13-18(27)15-8-10-16(11-9-15)21(2,3)4;/h8-11,14,18,27H,7,12-13H2,1-6H3,(H2,22,23,24);1H. The van der Waals surface area contributed by atoms with Gasteiger partial charge in [-0.3, -0.25) is 0 Å². The van der Waals surface area contributed by atoms with Crippen LogP contribution >= 0.6 is 35.3 Å². The number of nitrogens with zero attached hydrogens (tertiary/aromatic N) is 3. The second-order valence-electron chi connectivity index (χ2n) is 7.98. The molecular weight excluding hydrogens is 497 g/mol. The SMILES string of the molecule is CCNC(=NCc1csc(N(C)C)n1)NCC(O)c1ccc(C(C)(C)C)cc1.I. The van der Waals surface area contributed by atoms with Crippen LogP contribution in [0.1, 0.15) is 50.6 Å². The Labute approximate surface area is 195 Å². The summed E-state index contributed by atoms with van der Waals surface area (Å²) >= 11 is 1.61. The normalized spacial score (nSPS) is 12.9. The van der Waals surface area contributed by atoms with E-state index >= 15 is 0 Å². The van der Waals surface area contributed by atoms with E-state index in [2.05, 4.69) is 53.5 Å². The lowest BCUT2D eigenvalue weighted by atomic mass is 9.86. The number of anilines is 1. The van der Waals surface area contributed by atoms with Gasteiger partial charge in [-0.1, -0.05) is 45.0 Å². The Morgan fingerprint density at radius 2 is 1.86 bits per heavy atom. The van der Waals surface area contributed by atoms with Gasteiger partial charge in [0.05, 0.1) is 18.3 Å². The van der Waals surface area contributed by atoms with Crippen molar-refractivity contribution in [1.82, 2.24) is 15.6 Å². The molecule has 0 spiro atoms. The molecule has 8 heteroatoms. The van der Waals surface area contributed by atoms with Gasteiger partial charge in [0.25, 0.3) is 0 Å². The first-order valence-electron chi connectivity index (χ1n) is 9.63. The highest BCUT2D eigenvalue weighted by molar-refractivity contribution is 14.0. The lowest BCUT2D eigenvalue weighted by molar-refractivity contribution is 0.181. The van der Waals surface area contributed by atoms with Crippen molar-refractivity contribution in [2.75, 3.05) is 32.1 Å². The number of aliphatic hydroxyl groups is 1. The number of aliphatic hydroxyl groups excluding tert-OH is 1. The van der Waals surface area contributed by atoms with Gasteiger partial charge in [0, 0.05) is 32.6 Å². The van der Waals surface area contributed by atoms with E-state index in [-0.39, 0.29) is 29.4 Å². The van der Waals surface area contributed by atoms with E-state index in [4.69, 9.17) is 0 Å². The Hall–Kier alpha value is -1.39. The third-order valence-electron chi connectivity index (χ3n) is 4.29. The van der Waals surface area contributed by atoms with Gasteiger partial charge in [-0.2, -0.15) is 0 Å². The van der Waals surface area contributed by atoms with Gasteiger partial charge in [-0.25, -0.2) is 9.98 Å². The molecule has 162 valence electrons. The van der Waals surface area contributed by atoms with E-state index in [0.29, 0.717) is 19.0 Å². The molecule has 0 aliphatic carbocycles. The zero-order valence-electron chi connectivity index (χ0n) is 18.2. The average molecular weight is 532 g/mol. The van der Waals surface area contributed by atoms with E-state index in [1.54, 1.807) is 11.3 Å². The number of nitrogens with one attached hydrogen (secondary N) is 2. The van der Waals surface area contributed by atoms with E-state index in [1.165, 1.54) is 5.56 Å². The van der Waals surface area contributed by atoms with E-state index in [1.807, 2.05) is 43.4 Å². The quantitative estimate of drug-likeness (QED) is 0.287. The van der Waals surface area contributed by atoms with Gasteiger partial charge in [0.1, 0.15) is 0 Å². The van der Waals surface area contributed by atoms with Crippen LogP contribution in [-0.4, -0.2) is 43.2 Å². The highest BCUT2D eigenvalue weighted by Gasteiger charge is 2.15. The second-order valence-corrected chi connectivity index (χ2v) is 8.82. The van der Waals surface area contributed by atoms with Crippen molar-refractivity contribution in [2.24, 2.45) is 4.99 Å². The Kier molecular flexibility index (Phi) is 10.4. The number of halogens is 1. The Balaban J connectivity index is 0.00000420. The summed E-state index contributed by atoms with van der Waals surface area (Å²) in [6.07, 6.45) is -0.600. The molecule has 1 aromatic carbocycles. The van der Waals surface area contributed by atoms with Crippen LogP contribution in [-0.2, 0) is 12.0 Å². The molecule has 0 saturated carbocycles. The highest BCUT2D eigenvalue weighted by atomic mass is 127. The van der Waals surface area contributed by atoms with Crippen LogP contribution in [0, 0.1) is 0 Å². The fourth-order valence-electron chi connectivity index (χ4n) is 2.59. The molecule has 0 amide bonds. The number of thiazole rings is 1. The summed E-state index contributed by atoms with van der Waals surface area (Å²) in [5.74, 6) is 0.673. The lowest BCUT2D eigenvalue weighted by Crippen LogP contribution is -2.39. The van der Waals surface area contributed by atoms with Crippen molar-refractivity contribution in [2.45, 2.75) is 45.8 Å². The van der Waals surface area contributed by atoms with Gasteiger partial charge < -0.3 is 20.6 Å². The van der Waals surface area contributed by atoms with Crippen molar-refractivity contribution in [3.05, 3.63) is 46.5 Å². The molecule has 0 saturated heterocycles. The number of guanidine groups is 1. The summed E-state index contributed by atoms with van der Waals surface area (Å²) in [6, 6.07) is 8.16. The van der Waals surface area contributed by atoms with E-state index in [9.17, 15) is 5.11 Å². The number of hydrogen-bond acceptors (Lipinski definition) is 5. The van der Waals surface area contributed by atoms with Crippen LogP contribution in [0.25, 0.3) is 0 Å². The van der Waals surface area contributed by atoms with Crippen LogP contribution in [0.2, 0.25) is 0 Å². The van der Waals surface area contributed by atoms with Crippen molar-refractivity contribution in [3.8, 4) is 0 Å². The topological polar surface area (TPSA) is 72.8 Å². The molecule has 1 unspecified atom stereocenters. The summed E-state index contributed by atoms with van der Waals surface area (Å²) in [4.78, 5) is 11.1. The van der Waals surface area contributed by atoms with Gasteiger partial charge in [0.2, 0.25) is 0 Å². The fourth-order valence-corrected chi connectivity index (χ4v) is 3.34. The molecule has 29 heavy (non-hydrogen) atoms. The molecule has 2 rings (SSSR count). The predicted molar refractivity (Wildman–Crippen MR) is 135 cm³/mol. The zero-order chi connectivity index (χ0) is 20.7. The molecule has 1 aromatic heterocycles. The number of aromatic nitrogens is 1. The molecule has 1 heterocycles. The van der Waals surface area contributed by atoms with Crippen molar-refractivity contribution < 1.29 is 5.11 Å². The minimum absolute atomic E-state index is 0. The third-order valence-corrected chi connectivity index (χ3v) is 5.35. The monoisotopic (exact) mass is 531 g/mol. The van der Waals surface area contributed by atoms with Gasteiger partial charge in [0.15, 0.2) is 11.1 Å².